The third kappa shape index (κ3) is 3.65. The largest absolute Gasteiger partial charge is 0.464 e. The summed E-state index contributed by atoms with van der Waals surface area (Å²) in [6, 6.07) is 0.359. The lowest BCUT2D eigenvalue weighted by molar-refractivity contribution is 0.0994. The Kier molecular flexibility index (Phi) is 4.69. The van der Waals surface area contributed by atoms with Gasteiger partial charge in [0, 0.05) is 6.61 Å². The molecule has 0 amide bonds. The number of nitrogens with two attached hydrogens (primary N) is 1. The summed E-state index contributed by atoms with van der Waals surface area (Å²) in [5.74, 6) is 6.02. The smallest absolute Gasteiger partial charge is 0.323 e. The first-order chi connectivity index (χ1) is 9.22. The third-order valence-electron chi connectivity index (χ3n) is 2.90. The zero-order valence-electron chi connectivity index (χ0n) is 11.2. The average Bonchev–Trinajstić information content (AvgIpc) is 2.92. The Morgan fingerprint density at radius 2 is 2.21 bits per heavy atom. The van der Waals surface area contributed by atoms with Crippen LogP contribution in [0.25, 0.3) is 0 Å². The van der Waals surface area contributed by atoms with Gasteiger partial charge in [-0.25, -0.2) is 5.84 Å². The molecule has 8 heteroatoms. The predicted molar refractivity (Wildman–Crippen MR) is 70.9 cm³/mol. The minimum atomic E-state index is 0.116. The summed E-state index contributed by atoms with van der Waals surface area (Å²) >= 11 is 0. The quantitative estimate of drug-likeness (QED) is 0.507. The molecule has 8 nitrogen and oxygen atoms in total. The molecule has 1 aromatic heterocycles. The molecule has 19 heavy (non-hydrogen) atoms. The van der Waals surface area contributed by atoms with Gasteiger partial charge in [-0.1, -0.05) is 0 Å². The fourth-order valence-electron chi connectivity index (χ4n) is 1.97. The molecule has 0 aliphatic carbocycles. The fourth-order valence-corrected chi connectivity index (χ4v) is 1.97. The van der Waals surface area contributed by atoms with Crippen LogP contribution in [0, 0.1) is 0 Å². The Labute approximate surface area is 112 Å². The van der Waals surface area contributed by atoms with Crippen LogP contribution in [0.3, 0.4) is 0 Å². The molecule has 0 radical (unpaired) electrons. The second kappa shape index (κ2) is 6.48. The number of aromatic nitrogens is 3. The number of nitrogen functional groups attached to an aromatic ring is 1. The van der Waals surface area contributed by atoms with Crippen molar-refractivity contribution in [3.63, 3.8) is 0 Å². The summed E-state index contributed by atoms with van der Waals surface area (Å²) in [5.41, 5.74) is 2.40. The molecule has 0 aromatic carbocycles. The van der Waals surface area contributed by atoms with Crippen molar-refractivity contribution in [1.82, 2.24) is 15.0 Å². The number of nitrogens with zero attached hydrogens (tertiary/aromatic N) is 3. The molecule has 4 N–H and O–H groups in total. The zero-order chi connectivity index (χ0) is 13.7. The highest BCUT2D eigenvalue weighted by atomic mass is 16.5. The molecule has 2 heterocycles. The summed E-state index contributed by atoms with van der Waals surface area (Å²) in [5, 5.41) is 3.19. The summed E-state index contributed by atoms with van der Waals surface area (Å²) in [6.07, 6.45) is 2.31. The van der Waals surface area contributed by atoms with Crippen molar-refractivity contribution in [3.8, 4) is 6.01 Å². The van der Waals surface area contributed by atoms with E-state index in [1.807, 2.05) is 13.8 Å². The molecule has 2 rings (SSSR count). The first-order valence-electron chi connectivity index (χ1n) is 6.46. The van der Waals surface area contributed by atoms with Gasteiger partial charge in [-0.3, -0.25) is 5.43 Å². The Morgan fingerprint density at radius 1 is 1.42 bits per heavy atom. The van der Waals surface area contributed by atoms with E-state index < -0.39 is 0 Å². The van der Waals surface area contributed by atoms with Gasteiger partial charge in [0.05, 0.1) is 18.8 Å². The molecule has 0 saturated carbocycles. The SMILES string of the molecule is CCOc1nc(NN)nc(NC(C)C2CCCO2)n1. The fraction of sp³-hybridized carbons (Fsp3) is 0.727. The second-order valence-electron chi connectivity index (χ2n) is 4.33. The molecule has 2 unspecified atom stereocenters. The van der Waals surface area contributed by atoms with E-state index in [1.165, 1.54) is 0 Å². The lowest BCUT2D eigenvalue weighted by Gasteiger charge is -2.20. The van der Waals surface area contributed by atoms with Gasteiger partial charge in [0.2, 0.25) is 11.9 Å². The topological polar surface area (TPSA) is 107 Å². The maximum atomic E-state index is 5.62. The first-order valence-corrected chi connectivity index (χ1v) is 6.46. The number of hydrogen-bond acceptors (Lipinski definition) is 8. The second-order valence-corrected chi connectivity index (χ2v) is 4.33. The summed E-state index contributed by atoms with van der Waals surface area (Å²) in [7, 11) is 0. The third-order valence-corrected chi connectivity index (χ3v) is 2.90. The highest BCUT2D eigenvalue weighted by Gasteiger charge is 2.23. The van der Waals surface area contributed by atoms with Crippen molar-refractivity contribution in [2.45, 2.75) is 38.8 Å². The van der Waals surface area contributed by atoms with Crippen LogP contribution in [-0.2, 0) is 4.74 Å². The number of hydrazine groups is 1. The van der Waals surface area contributed by atoms with Crippen LogP contribution < -0.4 is 21.3 Å². The maximum absolute atomic E-state index is 5.62. The molecule has 106 valence electrons. The molecule has 1 aliphatic rings. The Balaban J connectivity index is 2.07. The van der Waals surface area contributed by atoms with E-state index in [0.29, 0.717) is 12.6 Å². The highest BCUT2D eigenvalue weighted by molar-refractivity contribution is 5.35. The Hall–Kier alpha value is -1.67. The molecule has 1 fully saturated rings. The van der Waals surface area contributed by atoms with Crippen molar-refractivity contribution in [1.29, 1.82) is 0 Å². The number of anilines is 2. The standard InChI is InChI=1S/C11H20N6O2/c1-3-18-11-15-9(14-10(16-11)17-12)13-7(2)8-5-4-6-19-8/h7-8H,3-6,12H2,1-2H3,(H2,13,14,15,16,17). The Morgan fingerprint density at radius 3 is 2.84 bits per heavy atom. The van der Waals surface area contributed by atoms with Crippen LogP contribution in [0.15, 0.2) is 0 Å². The van der Waals surface area contributed by atoms with Gasteiger partial charge in [-0.15, -0.1) is 0 Å². The van der Waals surface area contributed by atoms with Gasteiger partial charge >= 0.3 is 6.01 Å². The van der Waals surface area contributed by atoms with Crippen molar-refractivity contribution in [3.05, 3.63) is 0 Å². The van der Waals surface area contributed by atoms with E-state index in [-0.39, 0.29) is 24.1 Å². The van der Waals surface area contributed by atoms with E-state index in [2.05, 4.69) is 25.7 Å². The van der Waals surface area contributed by atoms with Crippen LogP contribution in [0.2, 0.25) is 0 Å². The minimum absolute atomic E-state index is 0.116. The normalized spacial score (nSPS) is 20.1. The van der Waals surface area contributed by atoms with Crippen LogP contribution in [-0.4, -0.2) is 40.3 Å². The molecule has 1 aromatic rings. The van der Waals surface area contributed by atoms with Crippen LogP contribution >= 0.6 is 0 Å². The molecule has 0 bridgehead atoms. The van der Waals surface area contributed by atoms with Crippen molar-refractivity contribution >= 4 is 11.9 Å². The zero-order valence-corrected chi connectivity index (χ0v) is 11.2. The number of ether oxygens (including phenoxy) is 2. The predicted octanol–water partition coefficient (Wildman–Crippen LogP) is 0.535. The summed E-state index contributed by atoms with van der Waals surface area (Å²) in [6.45, 7) is 5.19. The van der Waals surface area contributed by atoms with E-state index in [9.17, 15) is 0 Å². The summed E-state index contributed by atoms with van der Waals surface area (Å²) in [4.78, 5) is 12.3. The molecular formula is C11H20N6O2. The van der Waals surface area contributed by atoms with Gasteiger partial charge in [-0.05, 0) is 26.7 Å². The first kappa shape index (κ1) is 13.8. The average molecular weight is 268 g/mol. The van der Waals surface area contributed by atoms with E-state index in [4.69, 9.17) is 15.3 Å². The molecule has 1 saturated heterocycles. The molecule has 0 spiro atoms. The van der Waals surface area contributed by atoms with Crippen molar-refractivity contribution in [2.75, 3.05) is 24.0 Å². The maximum Gasteiger partial charge on any atom is 0.323 e. The number of hydrogen-bond donors (Lipinski definition) is 3. The lowest BCUT2D eigenvalue weighted by Crippen LogP contribution is -2.31. The van der Waals surface area contributed by atoms with Crippen LogP contribution in [0.5, 0.6) is 6.01 Å². The molecule has 1 aliphatic heterocycles. The molecular weight excluding hydrogens is 248 g/mol. The highest BCUT2D eigenvalue weighted by Crippen LogP contribution is 2.18. The van der Waals surface area contributed by atoms with Crippen LogP contribution in [0.1, 0.15) is 26.7 Å². The van der Waals surface area contributed by atoms with Crippen molar-refractivity contribution < 1.29 is 9.47 Å². The van der Waals surface area contributed by atoms with E-state index >= 15 is 0 Å². The van der Waals surface area contributed by atoms with Gasteiger partial charge < -0.3 is 14.8 Å². The van der Waals surface area contributed by atoms with Gasteiger partial charge in [0.1, 0.15) is 0 Å². The minimum Gasteiger partial charge on any atom is -0.464 e. The summed E-state index contributed by atoms with van der Waals surface area (Å²) < 4.78 is 10.9. The van der Waals surface area contributed by atoms with Gasteiger partial charge in [0.15, 0.2) is 0 Å². The number of nitrogens with one attached hydrogen (secondary N) is 2. The lowest BCUT2D eigenvalue weighted by atomic mass is 10.1. The van der Waals surface area contributed by atoms with Gasteiger partial charge in [-0.2, -0.15) is 15.0 Å². The molecule has 2 atom stereocenters. The monoisotopic (exact) mass is 268 g/mol. The van der Waals surface area contributed by atoms with Crippen molar-refractivity contribution in [2.24, 2.45) is 5.84 Å². The number of rotatable bonds is 6. The van der Waals surface area contributed by atoms with Gasteiger partial charge in [0.25, 0.3) is 0 Å². The van der Waals surface area contributed by atoms with E-state index in [1.54, 1.807) is 0 Å². The van der Waals surface area contributed by atoms with Crippen LogP contribution in [0.4, 0.5) is 11.9 Å². The van der Waals surface area contributed by atoms with E-state index in [0.717, 1.165) is 19.4 Å². The Bertz CT molecular complexity index is 410.